The molecular formula is C29H31ClN4O3. The number of benzene rings is 1. The molecule has 7 nitrogen and oxygen atoms in total. The number of carbonyl (C=O) groups excluding carboxylic acids is 1. The van der Waals surface area contributed by atoms with E-state index in [1.54, 1.807) is 31.5 Å². The summed E-state index contributed by atoms with van der Waals surface area (Å²) in [6, 6.07) is 12.3. The number of aryl methyl sites for hydroxylation is 1. The molecule has 8 heteroatoms. The fourth-order valence-electron chi connectivity index (χ4n) is 5.16. The third-order valence-corrected chi connectivity index (χ3v) is 7.53. The average molecular weight is 519 g/mol. The molecule has 5 rings (SSSR count). The first-order valence-electron chi connectivity index (χ1n) is 12.6. The summed E-state index contributed by atoms with van der Waals surface area (Å²) in [5.41, 5.74) is 5.82. The van der Waals surface area contributed by atoms with Crippen LogP contribution in [0.15, 0.2) is 53.6 Å². The topological polar surface area (TPSA) is 78.5 Å². The highest BCUT2D eigenvalue weighted by Crippen LogP contribution is 2.34. The summed E-state index contributed by atoms with van der Waals surface area (Å²) in [4.78, 5) is 35.9. The minimum absolute atomic E-state index is 0.121. The highest BCUT2D eigenvalue weighted by Gasteiger charge is 2.27. The highest BCUT2D eigenvalue weighted by molar-refractivity contribution is 6.30. The van der Waals surface area contributed by atoms with Crippen LogP contribution in [0, 0.1) is 0 Å². The van der Waals surface area contributed by atoms with Gasteiger partial charge in [0.2, 0.25) is 5.91 Å². The first-order chi connectivity index (χ1) is 17.9. The molecule has 1 amide bonds. The predicted octanol–water partition coefficient (Wildman–Crippen LogP) is 4.54. The molecule has 0 saturated carbocycles. The number of aromatic amines is 1. The summed E-state index contributed by atoms with van der Waals surface area (Å²) < 4.78 is 6.02. The number of aromatic nitrogens is 2. The van der Waals surface area contributed by atoms with Crippen LogP contribution in [-0.2, 0) is 24.4 Å². The van der Waals surface area contributed by atoms with Crippen LogP contribution in [0.1, 0.15) is 47.7 Å². The van der Waals surface area contributed by atoms with Crippen molar-refractivity contribution >= 4 is 29.2 Å². The number of hydrogen-bond donors (Lipinski definition) is 1. The van der Waals surface area contributed by atoms with E-state index in [1.807, 2.05) is 18.0 Å². The second-order valence-electron chi connectivity index (χ2n) is 9.81. The fraction of sp³-hybridized carbons (Fsp3) is 0.345. The van der Waals surface area contributed by atoms with Gasteiger partial charge in [-0.1, -0.05) is 35.9 Å². The zero-order valence-corrected chi connectivity index (χ0v) is 21.9. The Hall–Kier alpha value is -3.42. The van der Waals surface area contributed by atoms with E-state index in [2.05, 4.69) is 39.1 Å². The van der Waals surface area contributed by atoms with E-state index in [9.17, 15) is 9.59 Å². The minimum Gasteiger partial charge on any atom is -0.486 e. The average Bonchev–Trinajstić information content (AvgIpc) is 3.36. The third-order valence-electron chi connectivity index (χ3n) is 7.31. The van der Waals surface area contributed by atoms with Crippen LogP contribution in [-0.4, -0.2) is 51.9 Å². The molecule has 1 fully saturated rings. The number of nitrogens with one attached hydrogen (secondary N) is 1. The van der Waals surface area contributed by atoms with E-state index in [0.717, 1.165) is 55.7 Å². The summed E-state index contributed by atoms with van der Waals surface area (Å²) in [6.45, 7) is 4.65. The Morgan fingerprint density at radius 3 is 2.89 bits per heavy atom. The molecule has 1 aliphatic heterocycles. The van der Waals surface area contributed by atoms with Crippen LogP contribution in [0.2, 0.25) is 5.02 Å². The van der Waals surface area contributed by atoms with E-state index in [1.165, 1.54) is 11.1 Å². The van der Waals surface area contributed by atoms with Gasteiger partial charge in [0.25, 0.3) is 5.56 Å². The van der Waals surface area contributed by atoms with Gasteiger partial charge in [-0.2, -0.15) is 0 Å². The van der Waals surface area contributed by atoms with Gasteiger partial charge in [-0.05, 0) is 59.7 Å². The lowest BCUT2D eigenvalue weighted by atomic mass is 9.88. The van der Waals surface area contributed by atoms with Crippen molar-refractivity contribution in [3.8, 4) is 5.75 Å². The van der Waals surface area contributed by atoms with Crippen LogP contribution < -0.4 is 10.3 Å². The number of allylic oxidation sites excluding steroid dienone is 1. The monoisotopic (exact) mass is 518 g/mol. The molecule has 1 aromatic carbocycles. The van der Waals surface area contributed by atoms with Gasteiger partial charge in [0.05, 0.1) is 16.3 Å². The van der Waals surface area contributed by atoms with Crippen molar-refractivity contribution in [3.63, 3.8) is 0 Å². The number of likely N-dealkylation sites (tertiary alicyclic amines) is 1. The third kappa shape index (κ3) is 5.78. The molecule has 2 aliphatic rings. The molecule has 0 radical (unpaired) electrons. The Bertz CT molecular complexity index is 1380. The Balaban J connectivity index is 1.31. The number of fused-ring (bicyclic) bond motifs is 1. The van der Waals surface area contributed by atoms with Gasteiger partial charge in [-0.3, -0.25) is 19.5 Å². The number of amides is 1. The largest absolute Gasteiger partial charge is 0.486 e. The number of hydrogen-bond acceptors (Lipinski definition) is 5. The van der Waals surface area contributed by atoms with Gasteiger partial charge < -0.3 is 14.6 Å². The van der Waals surface area contributed by atoms with Crippen LogP contribution >= 0.6 is 11.6 Å². The van der Waals surface area contributed by atoms with E-state index >= 15 is 0 Å². The number of likely N-dealkylation sites (N-methyl/N-ethyl adjacent to an activating group) is 1. The number of H-pyrrole nitrogens is 1. The second kappa shape index (κ2) is 10.9. The van der Waals surface area contributed by atoms with Gasteiger partial charge in [0.15, 0.2) is 0 Å². The molecule has 1 unspecified atom stereocenters. The number of pyridine rings is 2. The van der Waals surface area contributed by atoms with Crippen molar-refractivity contribution < 1.29 is 9.53 Å². The van der Waals surface area contributed by atoms with Crippen LogP contribution in [0.3, 0.4) is 0 Å². The Labute approximate surface area is 221 Å². The fourth-order valence-corrected chi connectivity index (χ4v) is 5.27. The normalized spacial score (nSPS) is 17.3. The molecule has 1 N–H and O–H groups in total. The summed E-state index contributed by atoms with van der Waals surface area (Å²) in [7, 11) is 1.89. The standard InChI is InChI=1S/C29H31ClN4O3/c1-19(35)33(2)26-10-12-34(17-26)16-20-3-4-22-14-23(6-5-21(22)13-20)28-27(9-11-31-29(28)36)37-18-25-8-7-24(30)15-32-25/h3-4,7-9,11,13-15,26H,5-6,10,12,16-18H2,1-2H3,(H,31,36). The van der Waals surface area contributed by atoms with Crippen molar-refractivity contribution in [1.29, 1.82) is 0 Å². The van der Waals surface area contributed by atoms with Crippen LogP contribution in [0.25, 0.3) is 11.6 Å². The predicted molar refractivity (Wildman–Crippen MR) is 145 cm³/mol. The van der Waals surface area contributed by atoms with Gasteiger partial charge in [-0.25, -0.2) is 0 Å². The molecule has 0 spiro atoms. The zero-order chi connectivity index (χ0) is 25.9. The van der Waals surface area contributed by atoms with Gasteiger partial charge >= 0.3 is 0 Å². The molecule has 1 aliphatic carbocycles. The maximum absolute atomic E-state index is 12.8. The molecule has 1 saturated heterocycles. The smallest absolute Gasteiger partial charge is 0.259 e. The van der Waals surface area contributed by atoms with E-state index < -0.39 is 0 Å². The maximum Gasteiger partial charge on any atom is 0.259 e. The summed E-state index contributed by atoms with van der Waals surface area (Å²) >= 11 is 5.93. The molecule has 2 aromatic heterocycles. The van der Waals surface area contributed by atoms with Gasteiger partial charge in [-0.15, -0.1) is 0 Å². The quantitative estimate of drug-likeness (QED) is 0.497. The van der Waals surface area contributed by atoms with Crippen molar-refractivity contribution in [3.05, 3.63) is 92.1 Å². The molecule has 3 aromatic rings. The second-order valence-corrected chi connectivity index (χ2v) is 10.2. The first-order valence-corrected chi connectivity index (χ1v) is 13.0. The number of rotatable bonds is 7. The Morgan fingerprint density at radius 2 is 2.11 bits per heavy atom. The summed E-state index contributed by atoms with van der Waals surface area (Å²) in [6.07, 6.45) is 7.93. The van der Waals surface area contributed by atoms with Gasteiger partial charge in [0.1, 0.15) is 12.4 Å². The van der Waals surface area contributed by atoms with Crippen LogP contribution in [0.5, 0.6) is 5.75 Å². The molecule has 37 heavy (non-hydrogen) atoms. The van der Waals surface area contributed by atoms with Crippen molar-refractivity contribution in [2.45, 2.75) is 45.4 Å². The van der Waals surface area contributed by atoms with Crippen molar-refractivity contribution in [2.75, 3.05) is 20.1 Å². The highest BCUT2D eigenvalue weighted by atomic mass is 35.5. The molecular weight excluding hydrogens is 488 g/mol. The molecule has 0 bridgehead atoms. The van der Waals surface area contributed by atoms with E-state index in [0.29, 0.717) is 16.3 Å². The van der Waals surface area contributed by atoms with Crippen molar-refractivity contribution in [1.82, 2.24) is 19.8 Å². The molecule has 192 valence electrons. The first kappa shape index (κ1) is 25.2. The van der Waals surface area contributed by atoms with E-state index in [-0.39, 0.29) is 24.1 Å². The summed E-state index contributed by atoms with van der Waals surface area (Å²) in [5.74, 6) is 0.668. The number of ether oxygens (including phenoxy) is 1. The maximum atomic E-state index is 12.8. The lowest BCUT2D eigenvalue weighted by Crippen LogP contribution is -2.37. The van der Waals surface area contributed by atoms with Crippen LogP contribution in [0.4, 0.5) is 0 Å². The number of carbonyl (C=O) groups is 1. The van der Waals surface area contributed by atoms with E-state index in [4.69, 9.17) is 16.3 Å². The number of halogens is 1. The van der Waals surface area contributed by atoms with Crippen molar-refractivity contribution in [2.24, 2.45) is 0 Å². The summed E-state index contributed by atoms with van der Waals surface area (Å²) in [5, 5.41) is 0.569. The zero-order valence-electron chi connectivity index (χ0n) is 21.2. The SMILES string of the molecule is CC(=O)N(C)C1CCN(Cc2ccc3c(c2)CCC(c2c(OCc4ccc(Cl)cn4)cc[nH]c2=O)=C3)C1. The molecule has 1 atom stereocenters. The lowest BCUT2D eigenvalue weighted by molar-refractivity contribution is -0.129. The molecule has 3 heterocycles. The number of nitrogens with zero attached hydrogens (tertiary/aromatic N) is 3. The Morgan fingerprint density at radius 1 is 1.24 bits per heavy atom. The van der Waals surface area contributed by atoms with Gasteiger partial charge in [0, 0.05) is 52.0 Å². The Kier molecular flexibility index (Phi) is 7.44. The minimum atomic E-state index is -0.160. The lowest BCUT2D eigenvalue weighted by Gasteiger charge is -2.24.